The molecule has 0 aliphatic carbocycles. The van der Waals surface area contributed by atoms with Crippen molar-refractivity contribution in [2.45, 2.75) is 117 Å². The van der Waals surface area contributed by atoms with E-state index in [1.54, 1.807) is 4.90 Å². The summed E-state index contributed by atoms with van der Waals surface area (Å²) in [5.41, 5.74) is 5.58. The zero-order chi connectivity index (χ0) is 35.3. The lowest BCUT2D eigenvalue weighted by Gasteiger charge is -2.23. The number of nitrogens with one attached hydrogen (secondary N) is 2. The summed E-state index contributed by atoms with van der Waals surface area (Å²) in [6.07, 6.45) is 15.1. The third-order valence-corrected chi connectivity index (χ3v) is 9.45. The van der Waals surface area contributed by atoms with Crippen LogP contribution in [-0.2, 0) is 12.8 Å². The third-order valence-electron chi connectivity index (χ3n) is 9.45. The predicted molar refractivity (Wildman–Crippen MR) is 204 cm³/mol. The van der Waals surface area contributed by atoms with Crippen LogP contribution < -0.4 is 10.6 Å². The molecule has 3 amide bonds. The SMILES string of the molecule is CCCCCCc1ccc(C(=O)NCCN(CCNC(=O)c2ccc(C(CC)CCC)cc2)C(=O)c2ccc(CCCCCC)cc2)cc1. The molecule has 266 valence electrons. The Morgan fingerprint density at radius 2 is 1.00 bits per heavy atom. The summed E-state index contributed by atoms with van der Waals surface area (Å²) in [7, 11) is 0. The fraction of sp³-hybridized carbons (Fsp3) is 0.512. The van der Waals surface area contributed by atoms with Crippen LogP contribution >= 0.6 is 0 Å². The number of nitrogens with zero attached hydrogens (tertiary/aromatic N) is 1. The van der Waals surface area contributed by atoms with Crippen molar-refractivity contribution in [2.24, 2.45) is 0 Å². The van der Waals surface area contributed by atoms with Crippen molar-refractivity contribution < 1.29 is 14.4 Å². The molecule has 0 spiro atoms. The second-order valence-corrected chi connectivity index (χ2v) is 13.3. The van der Waals surface area contributed by atoms with Gasteiger partial charge in [0.25, 0.3) is 17.7 Å². The standard InChI is InChI=1S/C43H61N3O3/c1-5-9-11-13-16-34-18-22-38(23-19-34)41(47)44-30-32-46(43(49)40-24-20-35(21-25-40)17-14-12-10-6-2)33-31-45-42(48)39-28-26-37(27-29-39)36(8-4)15-7-3/h18-29,36H,5-17,30-33H2,1-4H3,(H,44,47)(H,45,48). The number of hydrogen-bond donors (Lipinski definition) is 2. The van der Waals surface area contributed by atoms with E-state index in [2.05, 4.69) is 50.5 Å². The molecule has 3 aromatic carbocycles. The Labute approximate surface area is 296 Å². The first-order chi connectivity index (χ1) is 23.9. The van der Waals surface area contributed by atoms with Gasteiger partial charge in [0.1, 0.15) is 0 Å². The topological polar surface area (TPSA) is 78.5 Å². The molecule has 1 unspecified atom stereocenters. The van der Waals surface area contributed by atoms with Crippen LogP contribution in [-0.4, -0.2) is 48.8 Å². The van der Waals surface area contributed by atoms with Crippen molar-refractivity contribution in [3.05, 3.63) is 106 Å². The van der Waals surface area contributed by atoms with Gasteiger partial charge in [-0.15, -0.1) is 0 Å². The van der Waals surface area contributed by atoms with Gasteiger partial charge in [-0.1, -0.05) is 109 Å². The van der Waals surface area contributed by atoms with E-state index in [0.717, 1.165) is 44.9 Å². The number of aryl methyl sites for hydroxylation is 2. The van der Waals surface area contributed by atoms with Gasteiger partial charge in [0.05, 0.1) is 0 Å². The highest BCUT2D eigenvalue weighted by Gasteiger charge is 2.17. The second-order valence-electron chi connectivity index (χ2n) is 13.3. The molecule has 6 heteroatoms. The minimum Gasteiger partial charge on any atom is -0.350 e. The first-order valence-electron chi connectivity index (χ1n) is 19.0. The molecule has 3 rings (SSSR count). The predicted octanol–water partition coefficient (Wildman–Crippen LogP) is 9.53. The Bertz CT molecular complexity index is 1380. The number of carbonyl (C=O) groups is 3. The minimum absolute atomic E-state index is 0.112. The Hall–Kier alpha value is -3.93. The smallest absolute Gasteiger partial charge is 0.253 e. The zero-order valence-corrected chi connectivity index (χ0v) is 30.7. The summed E-state index contributed by atoms with van der Waals surface area (Å²) < 4.78 is 0. The van der Waals surface area contributed by atoms with E-state index in [9.17, 15) is 14.4 Å². The summed E-state index contributed by atoms with van der Waals surface area (Å²) in [5, 5.41) is 5.99. The summed E-state index contributed by atoms with van der Waals surface area (Å²) >= 11 is 0. The Morgan fingerprint density at radius 1 is 0.551 bits per heavy atom. The van der Waals surface area contributed by atoms with E-state index < -0.39 is 0 Å². The molecule has 0 aliphatic rings. The highest BCUT2D eigenvalue weighted by atomic mass is 16.2. The van der Waals surface area contributed by atoms with Gasteiger partial charge in [-0.05, 0) is 97.5 Å². The number of rotatable bonds is 23. The molecule has 0 radical (unpaired) electrons. The molecule has 0 aliphatic heterocycles. The summed E-state index contributed by atoms with van der Waals surface area (Å²) in [4.78, 5) is 41.4. The van der Waals surface area contributed by atoms with Crippen LogP contribution in [0.3, 0.4) is 0 Å². The fourth-order valence-electron chi connectivity index (χ4n) is 6.32. The van der Waals surface area contributed by atoms with Gasteiger partial charge in [-0.25, -0.2) is 0 Å². The largest absolute Gasteiger partial charge is 0.350 e. The lowest BCUT2D eigenvalue weighted by atomic mass is 9.91. The van der Waals surface area contributed by atoms with E-state index in [1.807, 2.05) is 60.7 Å². The van der Waals surface area contributed by atoms with Crippen molar-refractivity contribution in [1.82, 2.24) is 15.5 Å². The molecule has 3 aromatic rings. The van der Waals surface area contributed by atoms with Gasteiger partial charge in [-0.3, -0.25) is 14.4 Å². The quantitative estimate of drug-likeness (QED) is 0.0989. The lowest BCUT2D eigenvalue weighted by molar-refractivity contribution is 0.0743. The van der Waals surface area contributed by atoms with Gasteiger partial charge in [0, 0.05) is 42.9 Å². The minimum atomic E-state index is -0.156. The van der Waals surface area contributed by atoms with Crippen LogP contribution in [0.1, 0.15) is 152 Å². The number of hydrogen-bond acceptors (Lipinski definition) is 3. The van der Waals surface area contributed by atoms with Crippen molar-refractivity contribution in [2.75, 3.05) is 26.2 Å². The molecule has 0 aromatic heterocycles. The van der Waals surface area contributed by atoms with Crippen LogP contribution in [0.2, 0.25) is 0 Å². The first kappa shape index (κ1) is 39.5. The maximum absolute atomic E-state index is 13.7. The van der Waals surface area contributed by atoms with Gasteiger partial charge in [-0.2, -0.15) is 0 Å². The summed E-state index contributed by atoms with van der Waals surface area (Å²) in [6, 6.07) is 23.6. The lowest BCUT2D eigenvalue weighted by Crippen LogP contribution is -2.42. The zero-order valence-electron chi connectivity index (χ0n) is 30.7. The monoisotopic (exact) mass is 667 g/mol. The van der Waals surface area contributed by atoms with Crippen LogP contribution in [0.4, 0.5) is 0 Å². The van der Waals surface area contributed by atoms with Crippen molar-refractivity contribution in [1.29, 1.82) is 0 Å². The van der Waals surface area contributed by atoms with Crippen LogP contribution in [0.15, 0.2) is 72.8 Å². The van der Waals surface area contributed by atoms with Crippen molar-refractivity contribution >= 4 is 17.7 Å². The number of carbonyl (C=O) groups excluding carboxylic acids is 3. The molecule has 0 saturated carbocycles. The van der Waals surface area contributed by atoms with Crippen molar-refractivity contribution in [3.8, 4) is 0 Å². The van der Waals surface area contributed by atoms with Gasteiger partial charge in [0.15, 0.2) is 0 Å². The van der Waals surface area contributed by atoms with Crippen LogP contribution in [0.25, 0.3) is 0 Å². The molecule has 0 saturated heterocycles. The average Bonchev–Trinajstić information content (AvgIpc) is 3.13. The van der Waals surface area contributed by atoms with Crippen LogP contribution in [0.5, 0.6) is 0 Å². The Kier molecular flexibility index (Phi) is 18.3. The highest BCUT2D eigenvalue weighted by molar-refractivity contribution is 5.96. The number of unbranched alkanes of at least 4 members (excludes halogenated alkanes) is 6. The van der Waals surface area contributed by atoms with Gasteiger partial charge >= 0.3 is 0 Å². The normalized spacial score (nSPS) is 11.6. The maximum atomic E-state index is 13.7. The first-order valence-corrected chi connectivity index (χ1v) is 19.0. The average molecular weight is 668 g/mol. The molecule has 49 heavy (non-hydrogen) atoms. The molecular weight excluding hydrogens is 606 g/mol. The molecule has 6 nitrogen and oxygen atoms in total. The van der Waals surface area contributed by atoms with E-state index in [4.69, 9.17) is 0 Å². The Morgan fingerprint density at radius 3 is 1.43 bits per heavy atom. The van der Waals surface area contributed by atoms with Crippen LogP contribution in [0, 0.1) is 0 Å². The Balaban J connectivity index is 1.60. The highest BCUT2D eigenvalue weighted by Crippen LogP contribution is 2.25. The van der Waals surface area contributed by atoms with E-state index in [-0.39, 0.29) is 17.7 Å². The second kappa shape index (κ2) is 22.7. The molecule has 0 bridgehead atoms. The van der Waals surface area contributed by atoms with Gasteiger partial charge < -0.3 is 15.5 Å². The van der Waals surface area contributed by atoms with Crippen molar-refractivity contribution in [3.63, 3.8) is 0 Å². The van der Waals surface area contributed by atoms with Gasteiger partial charge in [0.2, 0.25) is 0 Å². The molecule has 0 heterocycles. The summed E-state index contributed by atoms with van der Waals surface area (Å²) in [5.74, 6) is 0.0895. The molecule has 0 fully saturated rings. The van der Waals surface area contributed by atoms with E-state index in [1.165, 1.54) is 55.2 Å². The molecule has 2 N–H and O–H groups in total. The summed E-state index contributed by atoms with van der Waals surface area (Å²) in [6.45, 7) is 10.1. The fourth-order valence-corrected chi connectivity index (χ4v) is 6.32. The molecular formula is C43H61N3O3. The maximum Gasteiger partial charge on any atom is 0.253 e. The van der Waals surface area contributed by atoms with E-state index >= 15 is 0 Å². The van der Waals surface area contributed by atoms with E-state index in [0.29, 0.717) is 48.8 Å². The molecule has 1 atom stereocenters. The number of benzene rings is 3. The number of amides is 3. The third kappa shape index (κ3) is 13.8.